The third-order valence-corrected chi connectivity index (χ3v) is 6.53. The van der Waals surface area contributed by atoms with Gasteiger partial charge < -0.3 is 9.47 Å². The maximum atomic E-state index is 13.0. The fourth-order valence-corrected chi connectivity index (χ4v) is 5.30. The summed E-state index contributed by atoms with van der Waals surface area (Å²) in [6, 6.07) is 7.60. The van der Waals surface area contributed by atoms with Gasteiger partial charge in [0.2, 0.25) is 5.91 Å². The Morgan fingerprint density at radius 3 is 2.72 bits per heavy atom. The smallest absolute Gasteiger partial charge is 0.242 e. The number of nitrogens with zero attached hydrogens (tertiary/aromatic N) is 3. The van der Waals surface area contributed by atoms with Gasteiger partial charge in [0.05, 0.1) is 22.5 Å². The van der Waals surface area contributed by atoms with Gasteiger partial charge in [0.25, 0.3) is 0 Å². The van der Waals surface area contributed by atoms with Crippen LogP contribution >= 0.6 is 0 Å². The van der Waals surface area contributed by atoms with E-state index < -0.39 is 9.84 Å². The molecule has 0 bridgehead atoms. The summed E-state index contributed by atoms with van der Waals surface area (Å²) in [6.45, 7) is 4.83. The van der Waals surface area contributed by atoms with Gasteiger partial charge in [-0.25, -0.2) is 13.4 Å². The standard InChI is InChI=1S/C18H25N3O3S/c1-3-10-20(14-9-11-25(23,24)13-14)18(22)12-21-16-8-6-5-7-15(16)19-17(21)4-2/h5-8,14H,3-4,9-13H2,1-2H3. The largest absolute Gasteiger partial charge is 0.337 e. The number of rotatable bonds is 6. The lowest BCUT2D eigenvalue weighted by atomic mass is 10.2. The van der Waals surface area contributed by atoms with Crippen molar-refractivity contribution in [2.75, 3.05) is 18.1 Å². The van der Waals surface area contributed by atoms with Crippen molar-refractivity contribution in [3.63, 3.8) is 0 Å². The number of benzene rings is 1. The summed E-state index contributed by atoms with van der Waals surface area (Å²) in [5, 5.41) is 0. The van der Waals surface area contributed by atoms with Gasteiger partial charge in [-0.3, -0.25) is 4.79 Å². The molecule has 1 amide bonds. The molecule has 3 rings (SSSR count). The van der Waals surface area contributed by atoms with E-state index in [9.17, 15) is 13.2 Å². The van der Waals surface area contributed by atoms with Crippen LogP contribution in [0.5, 0.6) is 0 Å². The molecule has 1 unspecified atom stereocenters. The van der Waals surface area contributed by atoms with Crippen molar-refractivity contribution in [2.45, 2.75) is 45.7 Å². The zero-order valence-electron chi connectivity index (χ0n) is 14.8. The molecule has 2 aromatic rings. The van der Waals surface area contributed by atoms with Crippen LogP contribution in [0.4, 0.5) is 0 Å². The van der Waals surface area contributed by atoms with Gasteiger partial charge in [0, 0.05) is 19.0 Å². The maximum absolute atomic E-state index is 13.0. The van der Waals surface area contributed by atoms with Crippen LogP contribution in [0.25, 0.3) is 11.0 Å². The average molecular weight is 363 g/mol. The summed E-state index contributed by atoms with van der Waals surface area (Å²) in [4.78, 5) is 19.4. The molecule has 1 aromatic heterocycles. The number of carbonyl (C=O) groups excluding carboxylic acids is 1. The van der Waals surface area contributed by atoms with Crippen LogP contribution in [0, 0.1) is 0 Å². The van der Waals surface area contributed by atoms with Gasteiger partial charge in [0.1, 0.15) is 12.4 Å². The second kappa shape index (κ2) is 7.15. The van der Waals surface area contributed by atoms with Gasteiger partial charge in [-0.15, -0.1) is 0 Å². The first-order valence-corrected chi connectivity index (χ1v) is 10.7. The van der Waals surface area contributed by atoms with Crippen LogP contribution in [-0.4, -0.2) is 52.9 Å². The minimum Gasteiger partial charge on any atom is -0.337 e. The Kier molecular flexibility index (Phi) is 5.13. The van der Waals surface area contributed by atoms with Crippen molar-refractivity contribution < 1.29 is 13.2 Å². The zero-order valence-corrected chi connectivity index (χ0v) is 15.6. The highest BCUT2D eigenvalue weighted by atomic mass is 32.2. The molecule has 6 nitrogen and oxygen atoms in total. The third kappa shape index (κ3) is 3.71. The number of sulfone groups is 1. The molecule has 1 saturated heterocycles. The SMILES string of the molecule is CCCN(C(=O)Cn1c(CC)nc2ccccc21)C1CCS(=O)(=O)C1. The van der Waals surface area contributed by atoms with E-state index in [2.05, 4.69) is 4.98 Å². The Morgan fingerprint density at radius 1 is 1.32 bits per heavy atom. The molecule has 0 saturated carbocycles. The lowest BCUT2D eigenvalue weighted by Crippen LogP contribution is -2.43. The number of imidazole rings is 1. The molecule has 1 aliphatic rings. The minimum atomic E-state index is -3.01. The third-order valence-electron chi connectivity index (χ3n) is 4.78. The number of hydrogen-bond donors (Lipinski definition) is 0. The normalized spacial score (nSPS) is 19.4. The lowest BCUT2D eigenvalue weighted by Gasteiger charge is -2.28. The molecule has 1 aromatic carbocycles. The summed E-state index contributed by atoms with van der Waals surface area (Å²) >= 11 is 0. The number of hydrogen-bond acceptors (Lipinski definition) is 4. The number of aryl methyl sites for hydroxylation is 1. The van der Waals surface area contributed by atoms with Crippen LogP contribution in [0.1, 0.15) is 32.5 Å². The highest BCUT2D eigenvalue weighted by Gasteiger charge is 2.34. The van der Waals surface area contributed by atoms with Crippen LogP contribution < -0.4 is 0 Å². The Hall–Kier alpha value is -1.89. The monoisotopic (exact) mass is 363 g/mol. The first-order chi connectivity index (χ1) is 11.9. The van der Waals surface area contributed by atoms with Crippen molar-refractivity contribution in [2.24, 2.45) is 0 Å². The van der Waals surface area contributed by atoms with Crippen molar-refractivity contribution in [1.82, 2.24) is 14.5 Å². The second-order valence-electron chi connectivity index (χ2n) is 6.60. The first-order valence-electron chi connectivity index (χ1n) is 8.89. The molecule has 25 heavy (non-hydrogen) atoms. The van der Waals surface area contributed by atoms with Crippen LogP contribution in [0.3, 0.4) is 0 Å². The van der Waals surface area contributed by atoms with E-state index in [-0.39, 0.29) is 30.0 Å². The van der Waals surface area contributed by atoms with Crippen molar-refractivity contribution >= 4 is 26.8 Å². The predicted molar refractivity (Wildman–Crippen MR) is 98.2 cm³/mol. The van der Waals surface area contributed by atoms with Crippen molar-refractivity contribution in [3.8, 4) is 0 Å². The van der Waals surface area contributed by atoms with Crippen molar-refractivity contribution in [3.05, 3.63) is 30.1 Å². The Balaban J connectivity index is 1.87. The number of aromatic nitrogens is 2. The number of amides is 1. The summed E-state index contributed by atoms with van der Waals surface area (Å²) < 4.78 is 25.6. The quantitative estimate of drug-likeness (QED) is 0.787. The molecule has 1 aliphatic heterocycles. The summed E-state index contributed by atoms with van der Waals surface area (Å²) in [5.41, 5.74) is 1.83. The van der Waals surface area contributed by atoms with E-state index in [4.69, 9.17) is 0 Å². The summed E-state index contributed by atoms with van der Waals surface area (Å²) in [7, 11) is -3.01. The molecule has 136 valence electrons. The molecule has 1 atom stereocenters. The molecule has 0 radical (unpaired) electrons. The van der Waals surface area contributed by atoms with Crippen LogP contribution in [0.15, 0.2) is 24.3 Å². The molecular weight excluding hydrogens is 338 g/mol. The second-order valence-corrected chi connectivity index (χ2v) is 8.83. The molecule has 0 spiro atoms. The van der Waals surface area contributed by atoms with Gasteiger partial charge in [-0.2, -0.15) is 0 Å². The van der Waals surface area contributed by atoms with Crippen LogP contribution in [0.2, 0.25) is 0 Å². The maximum Gasteiger partial charge on any atom is 0.242 e. The Bertz CT molecular complexity index is 873. The predicted octanol–water partition coefficient (Wildman–Crippen LogP) is 2.02. The Morgan fingerprint density at radius 2 is 2.08 bits per heavy atom. The van der Waals surface area contributed by atoms with E-state index in [1.165, 1.54) is 0 Å². The zero-order chi connectivity index (χ0) is 18.0. The molecule has 2 heterocycles. The van der Waals surface area contributed by atoms with E-state index in [1.807, 2.05) is 42.7 Å². The highest BCUT2D eigenvalue weighted by molar-refractivity contribution is 7.91. The molecular formula is C18H25N3O3S. The first kappa shape index (κ1) is 17.9. The molecule has 7 heteroatoms. The number of fused-ring (bicyclic) bond motifs is 1. The van der Waals surface area contributed by atoms with E-state index in [0.29, 0.717) is 13.0 Å². The minimum absolute atomic E-state index is 0.0261. The average Bonchev–Trinajstić information content (AvgIpc) is 3.12. The molecule has 1 fully saturated rings. The topological polar surface area (TPSA) is 72.3 Å². The van der Waals surface area contributed by atoms with E-state index in [0.717, 1.165) is 29.7 Å². The van der Waals surface area contributed by atoms with E-state index in [1.54, 1.807) is 4.90 Å². The summed E-state index contributed by atoms with van der Waals surface area (Å²) in [5.74, 6) is 1.12. The lowest BCUT2D eigenvalue weighted by molar-refractivity contribution is -0.133. The fourth-order valence-electron chi connectivity index (χ4n) is 3.57. The van der Waals surface area contributed by atoms with Crippen LogP contribution in [-0.2, 0) is 27.6 Å². The molecule has 0 N–H and O–H groups in total. The molecule has 0 aliphatic carbocycles. The number of para-hydroxylation sites is 2. The van der Waals surface area contributed by atoms with Gasteiger partial charge >= 0.3 is 0 Å². The fraction of sp³-hybridized carbons (Fsp3) is 0.556. The highest BCUT2D eigenvalue weighted by Crippen LogP contribution is 2.21. The van der Waals surface area contributed by atoms with Gasteiger partial charge in [-0.05, 0) is 25.0 Å². The Labute approximate surface area is 148 Å². The van der Waals surface area contributed by atoms with Gasteiger partial charge in [0.15, 0.2) is 9.84 Å². The summed E-state index contributed by atoms with van der Waals surface area (Å²) in [6.07, 6.45) is 2.10. The van der Waals surface area contributed by atoms with Crippen molar-refractivity contribution in [1.29, 1.82) is 0 Å². The van der Waals surface area contributed by atoms with Gasteiger partial charge in [-0.1, -0.05) is 26.0 Å². The number of carbonyl (C=O) groups is 1. The van der Waals surface area contributed by atoms with E-state index >= 15 is 0 Å².